The Morgan fingerprint density at radius 1 is 1.13 bits per heavy atom. The number of rotatable bonds is 6. The maximum Gasteiger partial charge on any atom is 0.254 e. The van der Waals surface area contributed by atoms with E-state index in [4.69, 9.17) is 8.94 Å². The van der Waals surface area contributed by atoms with Crippen molar-refractivity contribution in [2.75, 3.05) is 0 Å². The van der Waals surface area contributed by atoms with Crippen LogP contribution in [0.1, 0.15) is 48.9 Å². The number of amides is 2. The summed E-state index contributed by atoms with van der Waals surface area (Å²) in [7, 11) is 0. The van der Waals surface area contributed by atoms with Crippen molar-refractivity contribution in [2.24, 2.45) is 5.92 Å². The van der Waals surface area contributed by atoms with Crippen molar-refractivity contribution in [3.63, 3.8) is 0 Å². The van der Waals surface area contributed by atoms with Crippen LogP contribution in [0.25, 0.3) is 11.4 Å². The molecule has 2 heterocycles. The number of benzene rings is 1. The average molecular weight is 408 g/mol. The van der Waals surface area contributed by atoms with E-state index in [1.807, 2.05) is 44.2 Å². The Morgan fingerprint density at radius 3 is 2.63 bits per heavy atom. The van der Waals surface area contributed by atoms with E-state index in [1.54, 1.807) is 6.07 Å². The van der Waals surface area contributed by atoms with Crippen molar-refractivity contribution in [2.45, 2.75) is 44.7 Å². The summed E-state index contributed by atoms with van der Waals surface area (Å²) in [6.07, 6.45) is 3.85. The van der Waals surface area contributed by atoms with Crippen LogP contribution in [0.4, 0.5) is 0 Å². The minimum atomic E-state index is -0.306. The number of nitrogens with zero attached hydrogens (tertiary/aromatic N) is 2. The van der Waals surface area contributed by atoms with Crippen LogP contribution < -0.4 is 10.6 Å². The number of carbonyl (C=O) groups excluding carboxylic acids is 2. The van der Waals surface area contributed by atoms with Crippen LogP contribution in [0.2, 0.25) is 0 Å². The van der Waals surface area contributed by atoms with Crippen LogP contribution in [0.15, 0.2) is 57.9 Å². The van der Waals surface area contributed by atoms with Gasteiger partial charge in [-0.15, -0.1) is 0 Å². The lowest BCUT2D eigenvalue weighted by Gasteiger charge is -2.17. The molecule has 0 bridgehead atoms. The van der Waals surface area contributed by atoms with Gasteiger partial charge in [0.2, 0.25) is 17.6 Å². The zero-order chi connectivity index (χ0) is 21.1. The lowest BCUT2D eigenvalue weighted by molar-refractivity contribution is -0.125. The number of carbonyl (C=O) groups is 2. The molecular weight excluding hydrogens is 384 g/mol. The number of hydrogen-bond acceptors (Lipinski definition) is 6. The van der Waals surface area contributed by atoms with Gasteiger partial charge in [-0.1, -0.05) is 35.5 Å². The first kappa shape index (κ1) is 19.9. The van der Waals surface area contributed by atoms with Crippen molar-refractivity contribution >= 4 is 11.8 Å². The highest BCUT2D eigenvalue weighted by atomic mass is 16.5. The van der Waals surface area contributed by atoms with Crippen LogP contribution >= 0.6 is 0 Å². The third-order valence-corrected chi connectivity index (χ3v) is 5.26. The first-order valence-electron chi connectivity index (χ1n) is 10.0. The Hall–Kier alpha value is -3.42. The van der Waals surface area contributed by atoms with E-state index in [0.29, 0.717) is 30.1 Å². The normalized spacial score (nSPS) is 21.0. The summed E-state index contributed by atoms with van der Waals surface area (Å²) in [6, 6.07) is 10.9. The fourth-order valence-electron chi connectivity index (χ4n) is 3.82. The molecule has 30 heavy (non-hydrogen) atoms. The Morgan fingerprint density at radius 2 is 1.93 bits per heavy atom. The first-order chi connectivity index (χ1) is 14.5. The fraction of sp³-hybridized carbons (Fsp3) is 0.364. The Bertz CT molecular complexity index is 997. The molecule has 156 valence electrons. The van der Waals surface area contributed by atoms with Gasteiger partial charge in [0.05, 0.1) is 17.7 Å². The summed E-state index contributed by atoms with van der Waals surface area (Å²) < 4.78 is 10.6. The molecule has 0 radical (unpaired) electrons. The van der Waals surface area contributed by atoms with E-state index >= 15 is 0 Å². The standard InChI is InChI=1S/C22H24N4O4/c1-13(2)23-21(28)16-10-17(18(11-16)24-20(27)15-8-9-29-12-15)22-25-19(26-30-22)14-6-4-3-5-7-14/h3-9,12-13,16-18H,10-11H2,1-2H3,(H,23,28)(H,24,27)/t16-,17-,18+/m1/s1. The number of hydrogen-bond donors (Lipinski definition) is 2. The minimum absolute atomic E-state index is 0.0298. The topological polar surface area (TPSA) is 110 Å². The zero-order valence-electron chi connectivity index (χ0n) is 16.9. The van der Waals surface area contributed by atoms with Gasteiger partial charge in [-0.05, 0) is 32.8 Å². The van der Waals surface area contributed by atoms with Gasteiger partial charge in [0.25, 0.3) is 5.91 Å². The van der Waals surface area contributed by atoms with Gasteiger partial charge in [0, 0.05) is 23.6 Å². The third kappa shape index (κ3) is 4.27. The lowest BCUT2D eigenvalue weighted by atomic mass is 10.0. The number of aromatic nitrogens is 2. The third-order valence-electron chi connectivity index (χ3n) is 5.26. The van der Waals surface area contributed by atoms with Crippen LogP contribution in [0, 0.1) is 5.92 Å². The highest BCUT2D eigenvalue weighted by Crippen LogP contribution is 2.39. The summed E-state index contributed by atoms with van der Waals surface area (Å²) in [4.78, 5) is 29.8. The second-order valence-electron chi connectivity index (χ2n) is 7.85. The predicted molar refractivity (Wildman–Crippen MR) is 108 cm³/mol. The lowest BCUT2D eigenvalue weighted by Crippen LogP contribution is -2.38. The van der Waals surface area contributed by atoms with Crippen molar-refractivity contribution in [1.29, 1.82) is 0 Å². The van der Waals surface area contributed by atoms with Crippen molar-refractivity contribution in [3.8, 4) is 11.4 Å². The molecule has 0 spiro atoms. The molecule has 4 rings (SSSR count). The first-order valence-corrected chi connectivity index (χ1v) is 10.0. The smallest absolute Gasteiger partial charge is 0.254 e. The van der Waals surface area contributed by atoms with E-state index in [1.165, 1.54) is 12.5 Å². The molecule has 2 amide bonds. The molecule has 2 aromatic heterocycles. The van der Waals surface area contributed by atoms with Gasteiger partial charge in [-0.2, -0.15) is 4.98 Å². The quantitative estimate of drug-likeness (QED) is 0.648. The van der Waals surface area contributed by atoms with Gasteiger partial charge < -0.3 is 19.6 Å². The van der Waals surface area contributed by atoms with Gasteiger partial charge in [0.1, 0.15) is 6.26 Å². The molecule has 1 fully saturated rings. The van der Waals surface area contributed by atoms with Gasteiger partial charge >= 0.3 is 0 Å². The van der Waals surface area contributed by atoms with Crippen LogP contribution in [-0.4, -0.2) is 34.0 Å². The minimum Gasteiger partial charge on any atom is -0.472 e. The Kier molecular flexibility index (Phi) is 5.65. The van der Waals surface area contributed by atoms with Crippen LogP contribution in [-0.2, 0) is 4.79 Å². The molecular formula is C22H24N4O4. The molecule has 0 aliphatic heterocycles. The molecule has 8 heteroatoms. The van der Waals surface area contributed by atoms with Crippen LogP contribution in [0.3, 0.4) is 0 Å². The molecule has 3 atom stereocenters. The van der Waals surface area contributed by atoms with Crippen molar-refractivity contribution in [1.82, 2.24) is 20.8 Å². The number of furan rings is 1. The average Bonchev–Trinajstić information content (AvgIpc) is 3.48. The highest BCUT2D eigenvalue weighted by molar-refractivity contribution is 5.94. The van der Waals surface area contributed by atoms with Crippen molar-refractivity contribution < 1.29 is 18.5 Å². The van der Waals surface area contributed by atoms with Gasteiger partial charge in [0.15, 0.2) is 0 Å². The molecule has 1 aliphatic carbocycles. The Balaban J connectivity index is 1.56. The monoisotopic (exact) mass is 408 g/mol. The summed E-state index contributed by atoms with van der Waals surface area (Å²) >= 11 is 0. The Labute approximate surface area is 174 Å². The summed E-state index contributed by atoms with van der Waals surface area (Å²) in [5, 5.41) is 10.1. The molecule has 2 N–H and O–H groups in total. The highest BCUT2D eigenvalue weighted by Gasteiger charge is 2.42. The molecule has 8 nitrogen and oxygen atoms in total. The van der Waals surface area contributed by atoms with Gasteiger partial charge in [-0.25, -0.2) is 0 Å². The zero-order valence-corrected chi connectivity index (χ0v) is 16.9. The van der Waals surface area contributed by atoms with Gasteiger partial charge in [-0.3, -0.25) is 9.59 Å². The maximum absolute atomic E-state index is 12.6. The van der Waals surface area contributed by atoms with E-state index in [0.717, 1.165) is 5.56 Å². The largest absolute Gasteiger partial charge is 0.472 e. The summed E-state index contributed by atoms with van der Waals surface area (Å²) in [5.41, 5.74) is 1.28. The summed E-state index contributed by atoms with van der Waals surface area (Å²) in [5.74, 6) is 0.115. The summed E-state index contributed by atoms with van der Waals surface area (Å²) in [6.45, 7) is 3.85. The number of nitrogens with one attached hydrogen (secondary N) is 2. The molecule has 1 saturated carbocycles. The second kappa shape index (κ2) is 8.52. The van der Waals surface area contributed by atoms with Crippen molar-refractivity contribution in [3.05, 3.63) is 60.4 Å². The molecule has 3 aromatic rings. The van der Waals surface area contributed by atoms with E-state index in [9.17, 15) is 9.59 Å². The molecule has 1 aliphatic rings. The molecule has 0 unspecified atom stereocenters. The molecule has 1 aromatic carbocycles. The van der Waals surface area contributed by atoms with Crippen LogP contribution in [0.5, 0.6) is 0 Å². The van der Waals surface area contributed by atoms with E-state index < -0.39 is 0 Å². The maximum atomic E-state index is 12.6. The molecule has 0 saturated heterocycles. The van der Waals surface area contributed by atoms with E-state index in [2.05, 4.69) is 20.8 Å². The second-order valence-corrected chi connectivity index (χ2v) is 7.85. The van der Waals surface area contributed by atoms with E-state index in [-0.39, 0.29) is 35.7 Å². The fourth-order valence-corrected chi connectivity index (χ4v) is 3.82. The predicted octanol–water partition coefficient (Wildman–Crippen LogP) is 3.15. The SMILES string of the molecule is CC(C)NC(=O)[C@H]1C[C@H](NC(=O)c2ccoc2)[C@H](c2nc(-c3ccccc3)no2)C1.